The Hall–Kier alpha value is -2.67. The molecule has 0 aliphatic heterocycles. The first kappa shape index (κ1) is 14.7. The third kappa shape index (κ3) is 3.67. The lowest BCUT2D eigenvalue weighted by molar-refractivity contribution is 0.0939. The molecular formula is C17H17N3O. The third-order valence-corrected chi connectivity index (χ3v) is 3.38. The molecular weight excluding hydrogens is 262 g/mol. The van der Waals surface area contributed by atoms with E-state index in [9.17, 15) is 4.79 Å². The molecule has 0 aliphatic carbocycles. The van der Waals surface area contributed by atoms with Crippen molar-refractivity contribution in [1.29, 1.82) is 5.26 Å². The van der Waals surface area contributed by atoms with Crippen molar-refractivity contribution in [2.24, 2.45) is 0 Å². The van der Waals surface area contributed by atoms with Gasteiger partial charge in [0.05, 0.1) is 11.6 Å². The highest BCUT2D eigenvalue weighted by atomic mass is 16.1. The van der Waals surface area contributed by atoms with Gasteiger partial charge in [0.1, 0.15) is 11.8 Å². The maximum Gasteiger partial charge on any atom is 0.253 e. The number of rotatable bonds is 4. The molecule has 1 heterocycles. The third-order valence-electron chi connectivity index (χ3n) is 3.38. The molecule has 4 nitrogen and oxygen atoms in total. The number of nitrogens with one attached hydrogen (secondary N) is 1. The zero-order chi connectivity index (χ0) is 15.2. The molecule has 0 spiro atoms. The number of nitrogens with zero attached hydrogens (tertiary/aromatic N) is 2. The lowest BCUT2D eigenvalue weighted by Crippen LogP contribution is -2.26. The minimum atomic E-state index is -0.195. The normalized spacial score (nSPS) is 11.5. The van der Waals surface area contributed by atoms with Gasteiger partial charge in [0.25, 0.3) is 5.91 Å². The van der Waals surface area contributed by atoms with Gasteiger partial charge >= 0.3 is 0 Å². The summed E-state index contributed by atoms with van der Waals surface area (Å²) in [6.07, 6.45) is 2.42. The van der Waals surface area contributed by atoms with Crippen LogP contribution in [0.5, 0.6) is 0 Å². The summed E-state index contributed by atoms with van der Waals surface area (Å²) in [4.78, 5) is 16.0. The van der Waals surface area contributed by atoms with Gasteiger partial charge in [-0.05, 0) is 36.6 Å². The van der Waals surface area contributed by atoms with Crippen LogP contribution in [-0.2, 0) is 6.42 Å². The molecule has 1 aromatic heterocycles. The van der Waals surface area contributed by atoms with E-state index in [0.29, 0.717) is 11.3 Å². The van der Waals surface area contributed by atoms with E-state index in [2.05, 4.69) is 29.4 Å². The Morgan fingerprint density at radius 1 is 1.29 bits per heavy atom. The quantitative estimate of drug-likeness (QED) is 0.935. The smallest absolute Gasteiger partial charge is 0.253 e. The van der Waals surface area contributed by atoms with Gasteiger partial charge in [0, 0.05) is 6.20 Å². The number of hydrogen-bond acceptors (Lipinski definition) is 3. The fraction of sp³-hybridized carbons (Fsp3) is 0.235. The summed E-state index contributed by atoms with van der Waals surface area (Å²) >= 11 is 0. The van der Waals surface area contributed by atoms with Crippen molar-refractivity contribution in [1.82, 2.24) is 10.3 Å². The van der Waals surface area contributed by atoms with Crippen LogP contribution in [0.15, 0.2) is 42.6 Å². The first-order valence-corrected chi connectivity index (χ1v) is 6.90. The van der Waals surface area contributed by atoms with Gasteiger partial charge in [-0.15, -0.1) is 0 Å². The zero-order valence-corrected chi connectivity index (χ0v) is 12.1. The summed E-state index contributed by atoms with van der Waals surface area (Å²) in [5, 5.41) is 11.6. The molecule has 0 fully saturated rings. The fourth-order valence-corrected chi connectivity index (χ4v) is 2.00. The first-order chi connectivity index (χ1) is 10.1. The highest BCUT2D eigenvalue weighted by Crippen LogP contribution is 2.14. The minimum Gasteiger partial charge on any atom is -0.345 e. The Kier molecular flexibility index (Phi) is 4.68. The van der Waals surface area contributed by atoms with E-state index in [1.165, 1.54) is 17.8 Å². The van der Waals surface area contributed by atoms with E-state index >= 15 is 0 Å². The Labute approximate surface area is 124 Å². The van der Waals surface area contributed by atoms with Crippen LogP contribution in [0.1, 0.15) is 47.1 Å². The summed E-state index contributed by atoms with van der Waals surface area (Å²) in [7, 11) is 0. The lowest BCUT2D eigenvalue weighted by atomic mass is 10.0. The summed E-state index contributed by atoms with van der Waals surface area (Å²) in [6.45, 7) is 4.05. The molecule has 0 bridgehead atoms. The number of aromatic nitrogens is 1. The van der Waals surface area contributed by atoms with Crippen LogP contribution in [0.2, 0.25) is 0 Å². The van der Waals surface area contributed by atoms with Crippen LogP contribution in [0.3, 0.4) is 0 Å². The van der Waals surface area contributed by atoms with Crippen molar-refractivity contribution in [2.45, 2.75) is 26.3 Å². The maximum atomic E-state index is 12.1. The molecule has 1 N–H and O–H groups in total. The van der Waals surface area contributed by atoms with Gasteiger partial charge in [-0.2, -0.15) is 5.26 Å². The van der Waals surface area contributed by atoms with Crippen molar-refractivity contribution in [2.75, 3.05) is 0 Å². The standard InChI is InChI=1S/C17H17N3O/c1-3-13-4-6-14(7-5-13)12(2)20-17(21)15-8-9-16(10-18)19-11-15/h4-9,11-12H,3H2,1-2H3,(H,20,21). The van der Waals surface area contributed by atoms with E-state index in [1.807, 2.05) is 25.1 Å². The van der Waals surface area contributed by atoms with E-state index < -0.39 is 0 Å². The molecule has 1 aromatic carbocycles. The predicted molar refractivity (Wildman–Crippen MR) is 80.7 cm³/mol. The summed E-state index contributed by atoms with van der Waals surface area (Å²) in [5.74, 6) is -0.195. The second-order valence-corrected chi connectivity index (χ2v) is 4.83. The van der Waals surface area contributed by atoms with E-state index in [-0.39, 0.29) is 11.9 Å². The van der Waals surface area contributed by atoms with Crippen LogP contribution in [-0.4, -0.2) is 10.9 Å². The second-order valence-electron chi connectivity index (χ2n) is 4.83. The number of benzene rings is 1. The Balaban J connectivity index is 2.05. The minimum absolute atomic E-state index is 0.0842. The number of pyridine rings is 1. The van der Waals surface area contributed by atoms with Gasteiger partial charge in [0.15, 0.2) is 0 Å². The highest BCUT2D eigenvalue weighted by molar-refractivity contribution is 5.94. The molecule has 1 amide bonds. The first-order valence-electron chi connectivity index (χ1n) is 6.90. The number of nitriles is 1. The van der Waals surface area contributed by atoms with Gasteiger partial charge < -0.3 is 5.32 Å². The largest absolute Gasteiger partial charge is 0.345 e. The van der Waals surface area contributed by atoms with E-state index in [0.717, 1.165) is 12.0 Å². The summed E-state index contributed by atoms with van der Waals surface area (Å²) in [6, 6.07) is 13.2. The van der Waals surface area contributed by atoms with Gasteiger partial charge in [-0.3, -0.25) is 4.79 Å². The average molecular weight is 279 g/mol. The summed E-state index contributed by atoms with van der Waals surface area (Å²) < 4.78 is 0. The van der Waals surface area contributed by atoms with E-state index in [4.69, 9.17) is 5.26 Å². The molecule has 4 heteroatoms. The SMILES string of the molecule is CCc1ccc(C(C)NC(=O)c2ccc(C#N)nc2)cc1. The number of amides is 1. The van der Waals surface area contributed by atoms with Crippen molar-refractivity contribution in [3.05, 3.63) is 65.0 Å². The molecule has 21 heavy (non-hydrogen) atoms. The molecule has 106 valence electrons. The number of carbonyl (C=O) groups is 1. The Morgan fingerprint density at radius 3 is 2.52 bits per heavy atom. The Bertz CT molecular complexity index is 654. The molecule has 0 saturated carbocycles. The molecule has 0 radical (unpaired) electrons. The van der Waals surface area contributed by atoms with Crippen molar-refractivity contribution >= 4 is 5.91 Å². The molecule has 1 atom stereocenters. The second kappa shape index (κ2) is 6.67. The maximum absolute atomic E-state index is 12.1. The fourth-order valence-electron chi connectivity index (χ4n) is 2.00. The lowest BCUT2D eigenvalue weighted by Gasteiger charge is -2.14. The van der Waals surface area contributed by atoms with Gasteiger partial charge in [-0.1, -0.05) is 31.2 Å². The molecule has 2 rings (SSSR count). The number of carbonyl (C=O) groups excluding carboxylic acids is 1. The van der Waals surface area contributed by atoms with Crippen molar-refractivity contribution in [3.8, 4) is 6.07 Å². The average Bonchev–Trinajstić information content (AvgIpc) is 2.55. The molecule has 2 aromatic rings. The number of hydrogen-bond donors (Lipinski definition) is 1. The topological polar surface area (TPSA) is 65.8 Å². The number of aryl methyl sites for hydroxylation is 1. The van der Waals surface area contributed by atoms with Crippen molar-refractivity contribution < 1.29 is 4.79 Å². The molecule has 1 unspecified atom stereocenters. The van der Waals surface area contributed by atoms with Crippen molar-refractivity contribution in [3.63, 3.8) is 0 Å². The molecule has 0 aliphatic rings. The van der Waals surface area contributed by atoms with Gasteiger partial charge in [0.2, 0.25) is 0 Å². The van der Waals surface area contributed by atoms with Crippen LogP contribution < -0.4 is 5.32 Å². The molecule has 0 saturated heterocycles. The summed E-state index contributed by atoms with van der Waals surface area (Å²) in [5.41, 5.74) is 3.08. The highest BCUT2D eigenvalue weighted by Gasteiger charge is 2.11. The van der Waals surface area contributed by atoms with Crippen LogP contribution in [0, 0.1) is 11.3 Å². The monoisotopic (exact) mass is 279 g/mol. The van der Waals surface area contributed by atoms with Crippen LogP contribution in [0.4, 0.5) is 0 Å². The predicted octanol–water partition coefficient (Wildman–Crippen LogP) is 3.01. The zero-order valence-electron chi connectivity index (χ0n) is 12.1. The van der Waals surface area contributed by atoms with Crippen LogP contribution in [0.25, 0.3) is 0 Å². The van der Waals surface area contributed by atoms with Gasteiger partial charge in [-0.25, -0.2) is 4.98 Å². The van der Waals surface area contributed by atoms with E-state index in [1.54, 1.807) is 6.07 Å². The van der Waals surface area contributed by atoms with Crippen LogP contribution >= 0.6 is 0 Å². The Morgan fingerprint density at radius 2 is 2.00 bits per heavy atom.